The highest BCUT2D eigenvalue weighted by Crippen LogP contribution is 2.52. The Morgan fingerprint density at radius 3 is 1.30 bits per heavy atom. The van der Waals surface area contributed by atoms with E-state index in [-0.39, 0.29) is 37.9 Å². The van der Waals surface area contributed by atoms with Crippen LogP contribution in [0.5, 0.6) is 11.5 Å². The van der Waals surface area contributed by atoms with Crippen LogP contribution in [0.15, 0.2) is 194 Å². The number of fused-ring (bicyclic) bond motifs is 4. The monoisotopic (exact) mass is 1110 g/mol. The molecule has 2 aromatic heterocycles. The topological polar surface area (TPSA) is 33.5 Å². The summed E-state index contributed by atoms with van der Waals surface area (Å²) in [6.45, 7) is 42.6. The van der Waals surface area contributed by atoms with E-state index in [1.54, 1.807) is 0 Å². The molecule has 10 aromatic rings. The van der Waals surface area contributed by atoms with E-state index >= 15 is 0 Å². The summed E-state index contributed by atoms with van der Waals surface area (Å²) in [6, 6.07) is 70.2. The van der Waals surface area contributed by atoms with E-state index in [4.69, 9.17) is 9.72 Å². The van der Waals surface area contributed by atoms with Crippen molar-refractivity contribution in [2.45, 2.75) is 163 Å². The van der Waals surface area contributed by atoms with Crippen molar-refractivity contribution in [3.8, 4) is 17.3 Å². The summed E-state index contributed by atoms with van der Waals surface area (Å²) in [4.78, 5) is 10.2. The van der Waals surface area contributed by atoms with Crippen LogP contribution in [0.2, 0.25) is 0 Å². The Hall–Kier alpha value is -7.89. The Labute approximate surface area is 502 Å². The molecule has 0 atom stereocenters. The Bertz CT molecular complexity index is 4010. The van der Waals surface area contributed by atoms with Crippen molar-refractivity contribution in [1.29, 1.82) is 0 Å². The molecule has 84 heavy (non-hydrogen) atoms. The zero-order valence-corrected chi connectivity index (χ0v) is 53.4. The SMILES string of the molecule is CC(C)(C)c1cc(Oc2ccc3c4cc(C(C)(C)c5ccccc5)ccc4n(-c4cc(C(C)(C)C)ccn4)c3c2)cc(N2CN(c3cc(C(C)(C)c4ccccc4)cc(C(C)(C)c4ccccc4)c3)c3cc(C(C)(C)C)c(C(C)(C)C)cc32)c1. The van der Waals surface area contributed by atoms with Crippen LogP contribution in [-0.4, -0.2) is 16.2 Å². The Balaban J connectivity index is 1.08. The molecular formula is C79H88N4O. The van der Waals surface area contributed by atoms with Gasteiger partial charge in [-0.15, -0.1) is 0 Å². The van der Waals surface area contributed by atoms with Crippen molar-refractivity contribution in [1.82, 2.24) is 9.55 Å². The molecule has 0 fully saturated rings. The minimum Gasteiger partial charge on any atom is -0.457 e. The largest absolute Gasteiger partial charge is 0.457 e. The number of aromatic nitrogens is 2. The molecule has 5 nitrogen and oxygen atoms in total. The lowest BCUT2D eigenvalue weighted by atomic mass is 9.73. The van der Waals surface area contributed by atoms with Crippen LogP contribution in [-0.2, 0) is 37.9 Å². The molecule has 0 amide bonds. The molecule has 0 spiro atoms. The number of benzene rings is 8. The van der Waals surface area contributed by atoms with Gasteiger partial charge >= 0.3 is 0 Å². The van der Waals surface area contributed by atoms with Crippen LogP contribution >= 0.6 is 0 Å². The van der Waals surface area contributed by atoms with Gasteiger partial charge in [0.25, 0.3) is 0 Å². The van der Waals surface area contributed by atoms with Crippen molar-refractivity contribution in [2.24, 2.45) is 0 Å². The molecule has 0 bridgehead atoms. The lowest BCUT2D eigenvalue weighted by molar-refractivity contribution is 0.479. The third-order valence-corrected chi connectivity index (χ3v) is 18.4. The normalized spacial score (nSPS) is 13.7. The van der Waals surface area contributed by atoms with Crippen LogP contribution in [0.4, 0.5) is 22.7 Å². The van der Waals surface area contributed by atoms with Crippen molar-refractivity contribution in [3.63, 3.8) is 0 Å². The van der Waals surface area contributed by atoms with Gasteiger partial charge in [-0.3, -0.25) is 4.57 Å². The van der Waals surface area contributed by atoms with Crippen LogP contribution < -0.4 is 14.5 Å². The summed E-state index contributed by atoms with van der Waals surface area (Å²) in [5, 5.41) is 2.34. The van der Waals surface area contributed by atoms with Gasteiger partial charge in [-0.25, -0.2) is 4.98 Å². The number of hydrogen-bond acceptors (Lipinski definition) is 4. The molecule has 8 aromatic carbocycles. The molecule has 430 valence electrons. The van der Waals surface area contributed by atoms with Gasteiger partial charge in [-0.05, 0) is 150 Å². The maximum Gasteiger partial charge on any atom is 0.137 e. The maximum absolute atomic E-state index is 7.28. The van der Waals surface area contributed by atoms with Gasteiger partial charge in [0.05, 0.1) is 22.4 Å². The van der Waals surface area contributed by atoms with Gasteiger partial charge in [0, 0.05) is 56.7 Å². The van der Waals surface area contributed by atoms with Gasteiger partial charge < -0.3 is 14.5 Å². The molecule has 11 rings (SSSR count). The zero-order valence-electron chi connectivity index (χ0n) is 53.4. The molecule has 3 heterocycles. The first-order valence-electron chi connectivity index (χ1n) is 30.4. The zero-order chi connectivity index (χ0) is 60.1. The van der Waals surface area contributed by atoms with Crippen molar-refractivity contribution >= 4 is 44.6 Å². The summed E-state index contributed by atoms with van der Waals surface area (Å²) < 4.78 is 9.61. The minimum atomic E-state index is -0.284. The molecule has 0 saturated heterocycles. The quantitative estimate of drug-likeness (QED) is 0.129. The second kappa shape index (κ2) is 20.7. The first-order chi connectivity index (χ1) is 39.4. The fourth-order valence-corrected chi connectivity index (χ4v) is 12.6. The smallest absolute Gasteiger partial charge is 0.137 e. The van der Waals surface area contributed by atoms with E-state index < -0.39 is 0 Å². The Morgan fingerprint density at radius 2 is 0.810 bits per heavy atom. The van der Waals surface area contributed by atoms with Gasteiger partial charge in [-0.1, -0.05) is 228 Å². The van der Waals surface area contributed by atoms with Crippen molar-refractivity contribution < 1.29 is 4.74 Å². The van der Waals surface area contributed by atoms with Crippen LogP contribution in [0.3, 0.4) is 0 Å². The van der Waals surface area contributed by atoms with E-state index in [1.807, 2.05) is 6.20 Å². The highest BCUT2D eigenvalue weighted by atomic mass is 16.5. The number of nitrogens with zero attached hydrogens (tertiary/aromatic N) is 4. The summed E-state index contributed by atoms with van der Waals surface area (Å²) >= 11 is 0. The average molecular weight is 1110 g/mol. The average Bonchev–Trinajstić information content (AvgIpc) is 2.31. The van der Waals surface area contributed by atoms with Crippen LogP contribution in [0.1, 0.15) is 180 Å². The number of pyridine rings is 1. The maximum atomic E-state index is 7.28. The summed E-state index contributed by atoms with van der Waals surface area (Å²) in [5.41, 5.74) is 18.4. The molecule has 0 N–H and O–H groups in total. The Morgan fingerprint density at radius 1 is 0.333 bits per heavy atom. The number of anilines is 4. The van der Waals surface area contributed by atoms with E-state index in [2.05, 4.69) is 327 Å². The minimum absolute atomic E-state index is 0.0605. The van der Waals surface area contributed by atoms with Crippen molar-refractivity contribution in [2.75, 3.05) is 16.5 Å². The second-order valence-electron chi connectivity index (χ2n) is 29.6. The fraction of sp³-hybridized carbons (Fsp3) is 0.329. The van der Waals surface area contributed by atoms with Gasteiger partial charge in [-0.2, -0.15) is 0 Å². The highest BCUT2D eigenvalue weighted by molar-refractivity contribution is 6.10. The standard InChI is InChI=1S/C79H88N4O/c1-73(2,3)55-38-39-80-72(46-55)83-68-37-34-56(77(13,14)52-28-22-19-23-29-52)45-65(68)64-36-35-62(48-69(64)83)84-63-44-57(74(4,5)6)41-61(47-63)82-51-81(70-49-66(75(7,8)9)67(50-71(70)82)76(10,11)12)60-42-58(78(15,16)53-30-24-20-25-31-53)40-59(43-60)79(17,18)54-32-26-21-27-33-54/h19-50H,51H2,1-18H3. The van der Waals surface area contributed by atoms with Crippen LogP contribution in [0.25, 0.3) is 27.6 Å². The van der Waals surface area contributed by atoms with E-state index in [9.17, 15) is 0 Å². The van der Waals surface area contributed by atoms with Gasteiger partial charge in [0.1, 0.15) is 24.0 Å². The molecule has 1 aliphatic rings. The third-order valence-electron chi connectivity index (χ3n) is 18.4. The molecule has 1 aliphatic heterocycles. The Kier molecular flexibility index (Phi) is 14.3. The van der Waals surface area contributed by atoms with E-state index in [1.165, 1.54) is 78.1 Å². The number of ether oxygens (including phenoxy) is 1. The summed E-state index contributed by atoms with van der Waals surface area (Å²) in [6.07, 6.45) is 1.96. The third kappa shape index (κ3) is 10.7. The molecule has 5 heteroatoms. The second-order valence-corrected chi connectivity index (χ2v) is 29.6. The van der Waals surface area contributed by atoms with Crippen molar-refractivity contribution in [3.05, 3.63) is 250 Å². The molecule has 0 radical (unpaired) electrons. The first-order valence-corrected chi connectivity index (χ1v) is 30.4. The first kappa shape index (κ1) is 57.9. The number of rotatable bonds is 11. The number of hydrogen-bond donors (Lipinski definition) is 0. The lowest BCUT2D eigenvalue weighted by Gasteiger charge is -2.34. The molecular weight excluding hydrogens is 1020 g/mol. The predicted molar refractivity (Wildman–Crippen MR) is 358 cm³/mol. The molecule has 0 unspecified atom stereocenters. The highest BCUT2D eigenvalue weighted by Gasteiger charge is 2.37. The van der Waals surface area contributed by atoms with E-state index in [0.29, 0.717) is 6.67 Å². The summed E-state index contributed by atoms with van der Waals surface area (Å²) in [7, 11) is 0. The lowest BCUT2D eigenvalue weighted by Crippen LogP contribution is -2.27. The molecule has 0 saturated carbocycles. The van der Waals surface area contributed by atoms with E-state index in [0.717, 1.165) is 39.4 Å². The van der Waals surface area contributed by atoms with Gasteiger partial charge in [0.2, 0.25) is 0 Å². The molecule has 0 aliphatic carbocycles. The van der Waals surface area contributed by atoms with Gasteiger partial charge in [0.15, 0.2) is 0 Å². The summed E-state index contributed by atoms with van der Waals surface area (Å²) in [5.74, 6) is 2.44. The fourth-order valence-electron chi connectivity index (χ4n) is 12.6. The predicted octanol–water partition coefficient (Wildman–Crippen LogP) is 21.4. The van der Waals surface area contributed by atoms with Crippen LogP contribution in [0, 0.1) is 0 Å².